The lowest BCUT2D eigenvalue weighted by Crippen LogP contribution is -2.35. The number of aromatic nitrogens is 2. The number of nitrogens with zero attached hydrogens (tertiary/aromatic N) is 2. The van der Waals surface area contributed by atoms with E-state index in [1.165, 1.54) is 0 Å². The van der Waals surface area contributed by atoms with E-state index in [0.29, 0.717) is 17.7 Å². The first-order valence-electron chi connectivity index (χ1n) is 6.91. The Morgan fingerprint density at radius 3 is 2.76 bits per heavy atom. The molecule has 0 saturated carbocycles. The normalized spacial score (nSPS) is 12.0. The molecule has 112 valence electrons. The van der Waals surface area contributed by atoms with E-state index in [4.69, 9.17) is 23.8 Å². The summed E-state index contributed by atoms with van der Waals surface area (Å²) in [6.07, 6.45) is 4.72. The largest absolute Gasteiger partial charge is 0.360 e. The molecule has 21 heavy (non-hydrogen) atoms. The lowest BCUT2D eigenvalue weighted by Gasteiger charge is -2.14. The predicted molar refractivity (Wildman–Crippen MR) is 91.9 cm³/mol. The Balaban J connectivity index is 1.92. The number of anilines is 1. The molecular weight excluding hydrogens is 304 g/mol. The fourth-order valence-electron chi connectivity index (χ4n) is 1.78. The van der Waals surface area contributed by atoms with Crippen molar-refractivity contribution in [2.24, 2.45) is 0 Å². The predicted octanol–water partition coefficient (Wildman–Crippen LogP) is 3.67. The number of benzene rings is 1. The van der Waals surface area contributed by atoms with Gasteiger partial charge in [-0.25, -0.2) is 0 Å². The molecule has 1 heterocycles. The highest BCUT2D eigenvalue weighted by Crippen LogP contribution is 2.12. The van der Waals surface area contributed by atoms with Gasteiger partial charge in [0, 0.05) is 17.3 Å². The van der Waals surface area contributed by atoms with Gasteiger partial charge in [0.1, 0.15) is 0 Å². The summed E-state index contributed by atoms with van der Waals surface area (Å²) in [6.45, 7) is 4.91. The zero-order chi connectivity index (χ0) is 15.2. The Kier molecular flexibility index (Phi) is 5.59. The third-order valence-corrected chi connectivity index (χ3v) is 3.61. The van der Waals surface area contributed by atoms with Crippen molar-refractivity contribution < 1.29 is 0 Å². The van der Waals surface area contributed by atoms with E-state index in [9.17, 15) is 0 Å². The van der Waals surface area contributed by atoms with Crippen molar-refractivity contribution in [3.8, 4) is 0 Å². The number of hydrogen-bond acceptors (Lipinski definition) is 2. The highest BCUT2D eigenvalue weighted by Gasteiger charge is 2.04. The molecule has 0 saturated heterocycles. The van der Waals surface area contributed by atoms with Crippen LogP contribution >= 0.6 is 23.8 Å². The fraction of sp³-hybridized carbons (Fsp3) is 0.333. The van der Waals surface area contributed by atoms with Gasteiger partial charge in [-0.05, 0) is 43.3 Å². The van der Waals surface area contributed by atoms with Crippen molar-refractivity contribution in [3.63, 3.8) is 0 Å². The molecule has 2 N–H and O–H groups in total. The second-order valence-electron chi connectivity index (χ2n) is 4.96. The molecule has 1 atom stereocenters. The quantitative estimate of drug-likeness (QED) is 0.824. The van der Waals surface area contributed by atoms with E-state index in [0.717, 1.165) is 22.7 Å². The zero-order valence-electron chi connectivity index (χ0n) is 12.1. The molecule has 1 aromatic carbocycles. The van der Waals surface area contributed by atoms with Crippen LogP contribution < -0.4 is 10.6 Å². The topological polar surface area (TPSA) is 41.9 Å². The third kappa shape index (κ3) is 5.02. The van der Waals surface area contributed by atoms with Crippen molar-refractivity contribution in [2.45, 2.75) is 32.9 Å². The van der Waals surface area contributed by atoms with Crippen LogP contribution in [0.2, 0.25) is 5.02 Å². The minimum absolute atomic E-state index is 0.356. The minimum atomic E-state index is 0.356. The minimum Gasteiger partial charge on any atom is -0.360 e. The first-order valence-corrected chi connectivity index (χ1v) is 7.70. The monoisotopic (exact) mass is 322 g/mol. The molecule has 6 heteroatoms. The molecule has 0 aliphatic rings. The van der Waals surface area contributed by atoms with Crippen LogP contribution in [0.25, 0.3) is 0 Å². The van der Waals surface area contributed by atoms with Crippen LogP contribution in [-0.2, 0) is 6.54 Å². The van der Waals surface area contributed by atoms with Crippen molar-refractivity contribution >= 4 is 34.6 Å². The van der Waals surface area contributed by atoms with Crippen LogP contribution in [0.1, 0.15) is 25.8 Å². The maximum Gasteiger partial charge on any atom is 0.171 e. The first kappa shape index (κ1) is 15.8. The highest BCUT2D eigenvalue weighted by molar-refractivity contribution is 7.80. The average Bonchev–Trinajstić information content (AvgIpc) is 2.88. The van der Waals surface area contributed by atoms with Crippen LogP contribution in [0.15, 0.2) is 36.7 Å². The molecule has 2 rings (SSSR count). The average molecular weight is 323 g/mol. The van der Waals surface area contributed by atoms with Crippen LogP contribution in [0.5, 0.6) is 0 Å². The number of thiocarbonyl (C=S) groups is 1. The number of rotatable bonds is 5. The van der Waals surface area contributed by atoms with Crippen molar-refractivity contribution in [3.05, 3.63) is 47.2 Å². The third-order valence-electron chi connectivity index (χ3n) is 3.14. The summed E-state index contributed by atoms with van der Waals surface area (Å²) in [7, 11) is 0. The molecule has 0 aliphatic carbocycles. The molecule has 0 spiro atoms. The molecule has 0 unspecified atom stereocenters. The van der Waals surface area contributed by atoms with Gasteiger partial charge < -0.3 is 10.6 Å². The summed E-state index contributed by atoms with van der Waals surface area (Å²) in [6, 6.07) is 8.10. The lowest BCUT2D eigenvalue weighted by molar-refractivity contribution is 0.646. The fourth-order valence-corrected chi connectivity index (χ4v) is 2.23. The van der Waals surface area contributed by atoms with Crippen LogP contribution in [0.4, 0.5) is 5.69 Å². The van der Waals surface area contributed by atoms with Gasteiger partial charge in [-0.2, -0.15) is 5.10 Å². The van der Waals surface area contributed by atoms with E-state index in [1.807, 2.05) is 35.1 Å². The summed E-state index contributed by atoms with van der Waals surface area (Å²) in [5.74, 6) is 0. The van der Waals surface area contributed by atoms with Gasteiger partial charge in [0.15, 0.2) is 5.11 Å². The van der Waals surface area contributed by atoms with Gasteiger partial charge in [0.25, 0.3) is 0 Å². The second-order valence-corrected chi connectivity index (χ2v) is 5.81. The Bertz CT molecular complexity index is 594. The SMILES string of the molecule is CC[C@@H](C)NC(=S)Nc1cnn(Cc2ccc(Cl)cc2)c1. The van der Waals surface area contributed by atoms with Gasteiger partial charge in [-0.15, -0.1) is 0 Å². The Hall–Kier alpha value is -1.59. The Labute approximate surface area is 135 Å². The Morgan fingerprint density at radius 2 is 2.10 bits per heavy atom. The summed E-state index contributed by atoms with van der Waals surface area (Å²) in [5.41, 5.74) is 2.03. The molecular formula is C15H19ClN4S. The summed E-state index contributed by atoms with van der Waals surface area (Å²) >= 11 is 11.1. The van der Waals surface area contributed by atoms with Crippen LogP contribution in [-0.4, -0.2) is 20.9 Å². The smallest absolute Gasteiger partial charge is 0.171 e. The van der Waals surface area contributed by atoms with E-state index in [-0.39, 0.29) is 0 Å². The van der Waals surface area contributed by atoms with Gasteiger partial charge in [0.05, 0.1) is 18.4 Å². The number of nitrogens with one attached hydrogen (secondary N) is 2. The van der Waals surface area contributed by atoms with Crippen molar-refractivity contribution in [2.75, 3.05) is 5.32 Å². The molecule has 2 aromatic rings. The maximum absolute atomic E-state index is 5.88. The highest BCUT2D eigenvalue weighted by atomic mass is 35.5. The van der Waals surface area contributed by atoms with E-state index >= 15 is 0 Å². The summed E-state index contributed by atoms with van der Waals surface area (Å²) in [4.78, 5) is 0. The second kappa shape index (κ2) is 7.43. The van der Waals surface area contributed by atoms with Crippen molar-refractivity contribution in [1.82, 2.24) is 15.1 Å². The Morgan fingerprint density at radius 1 is 1.38 bits per heavy atom. The molecule has 4 nitrogen and oxygen atoms in total. The maximum atomic E-state index is 5.88. The van der Waals surface area contributed by atoms with Gasteiger partial charge in [0.2, 0.25) is 0 Å². The lowest BCUT2D eigenvalue weighted by atomic mass is 10.2. The van der Waals surface area contributed by atoms with Crippen LogP contribution in [0.3, 0.4) is 0 Å². The molecule has 0 bridgehead atoms. The van der Waals surface area contributed by atoms with Crippen LogP contribution in [0, 0.1) is 0 Å². The molecule has 1 aromatic heterocycles. The van der Waals surface area contributed by atoms with Crippen molar-refractivity contribution in [1.29, 1.82) is 0 Å². The molecule has 0 fully saturated rings. The summed E-state index contributed by atoms with van der Waals surface area (Å²) < 4.78 is 1.86. The number of halogens is 1. The summed E-state index contributed by atoms with van der Waals surface area (Å²) in [5, 5.41) is 12.0. The molecule has 0 amide bonds. The van der Waals surface area contributed by atoms with E-state index in [2.05, 4.69) is 29.6 Å². The zero-order valence-corrected chi connectivity index (χ0v) is 13.7. The van der Waals surface area contributed by atoms with Gasteiger partial charge in [-0.1, -0.05) is 30.7 Å². The van der Waals surface area contributed by atoms with E-state index in [1.54, 1.807) is 6.20 Å². The van der Waals surface area contributed by atoms with Gasteiger partial charge in [-0.3, -0.25) is 4.68 Å². The standard InChI is InChI=1S/C15H19ClN4S/c1-3-11(2)18-15(21)19-14-8-17-20(10-14)9-12-4-6-13(16)7-5-12/h4-8,10-11H,3,9H2,1-2H3,(H2,18,19,21)/t11-/m1/s1. The molecule has 0 radical (unpaired) electrons. The molecule has 0 aliphatic heterocycles. The van der Waals surface area contributed by atoms with Gasteiger partial charge >= 0.3 is 0 Å². The first-order chi connectivity index (χ1) is 10.1. The number of hydrogen-bond donors (Lipinski definition) is 2. The van der Waals surface area contributed by atoms with E-state index < -0.39 is 0 Å².